The highest BCUT2D eigenvalue weighted by molar-refractivity contribution is 5.93. The summed E-state index contributed by atoms with van der Waals surface area (Å²) in [5, 5.41) is 8.50. The summed E-state index contributed by atoms with van der Waals surface area (Å²) in [6, 6.07) is 11.7. The van der Waals surface area contributed by atoms with E-state index in [2.05, 4.69) is 10.3 Å². The molecule has 1 saturated heterocycles. The molecular formula is C19H21N5O2. The summed E-state index contributed by atoms with van der Waals surface area (Å²) < 4.78 is 9.15. The second-order valence-corrected chi connectivity index (χ2v) is 6.41. The standard InChI is InChI=1S/C19H21N5O2/c1-3-26-16-8-6-14(7-9-16)17-13-24(21-20-17)15-11-23(12-15)19(25)18-5-4-10-22(18)2/h4-10,13,15H,3,11-12H2,1-2H3. The van der Waals surface area contributed by atoms with Crippen molar-refractivity contribution < 1.29 is 9.53 Å². The van der Waals surface area contributed by atoms with Gasteiger partial charge in [-0.2, -0.15) is 0 Å². The first kappa shape index (κ1) is 16.4. The Balaban J connectivity index is 1.40. The SMILES string of the molecule is CCOc1ccc(-c2cn(C3CN(C(=O)c4cccn4C)C3)nn2)cc1. The molecule has 1 aromatic carbocycles. The lowest BCUT2D eigenvalue weighted by Crippen LogP contribution is -2.51. The van der Waals surface area contributed by atoms with E-state index in [1.807, 2.05) is 76.9 Å². The van der Waals surface area contributed by atoms with Gasteiger partial charge < -0.3 is 14.2 Å². The van der Waals surface area contributed by atoms with Crippen LogP contribution in [0, 0.1) is 0 Å². The van der Waals surface area contributed by atoms with Crippen LogP contribution in [-0.4, -0.2) is 50.1 Å². The third kappa shape index (κ3) is 2.96. The van der Waals surface area contributed by atoms with E-state index < -0.39 is 0 Å². The molecule has 0 saturated carbocycles. The summed E-state index contributed by atoms with van der Waals surface area (Å²) in [5.74, 6) is 0.901. The maximum absolute atomic E-state index is 12.4. The molecule has 2 aromatic heterocycles. The third-order valence-electron chi connectivity index (χ3n) is 4.66. The molecule has 1 fully saturated rings. The number of likely N-dealkylation sites (tertiary alicyclic amines) is 1. The Bertz CT molecular complexity index is 906. The number of hydrogen-bond acceptors (Lipinski definition) is 4. The monoisotopic (exact) mass is 351 g/mol. The summed E-state index contributed by atoms with van der Waals surface area (Å²) in [4.78, 5) is 14.3. The molecule has 4 rings (SSSR count). The number of ether oxygens (including phenoxy) is 1. The highest BCUT2D eigenvalue weighted by Crippen LogP contribution is 2.25. The molecule has 0 radical (unpaired) electrons. The molecule has 1 amide bonds. The third-order valence-corrected chi connectivity index (χ3v) is 4.66. The molecule has 26 heavy (non-hydrogen) atoms. The van der Waals surface area contributed by atoms with E-state index in [-0.39, 0.29) is 11.9 Å². The van der Waals surface area contributed by atoms with E-state index in [1.54, 1.807) is 0 Å². The molecule has 1 aliphatic heterocycles. The van der Waals surface area contributed by atoms with E-state index >= 15 is 0 Å². The van der Waals surface area contributed by atoms with Crippen molar-refractivity contribution in [1.82, 2.24) is 24.5 Å². The molecule has 0 unspecified atom stereocenters. The molecule has 7 heteroatoms. The van der Waals surface area contributed by atoms with Gasteiger partial charge in [0.1, 0.15) is 17.1 Å². The molecule has 7 nitrogen and oxygen atoms in total. The van der Waals surface area contributed by atoms with Crippen LogP contribution in [0.4, 0.5) is 0 Å². The number of carbonyl (C=O) groups excluding carboxylic acids is 1. The lowest BCUT2D eigenvalue weighted by atomic mass is 10.1. The van der Waals surface area contributed by atoms with Crippen LogP contribution in [-0.2, 0) is 7.05 Å². The molecule has 0 aliphatic carbocycles. The zero-order chi connectivity index (χ0) is 18.1. The van der Waals surface area contributed by atoms with Crippen molar-refractivity contribution >= 4 is 5.91 Å². The predicted octanol–water partition coefficient (Wildman–Crippen LogP) is 2.38. The highest BCUT2D eigenvalue weighted by atomic mass is 16.5. The maximum Gasteiger partial charge on any atom is 0.270 e. The van der Waals surface area contributed by atoms with Gasteiger partial charge in [0.15, 0.2) is 0 Å². The summed E-state index contributed by atoms with van der Waals surface area (Å²) in [6.07, 6.45) is 3.82. The minimum atomic E-state index is 0.0561. The first-order valence-corrected chi connectivity index (χ1v) is 8.71. The first-order valence-electron chi connectivity index (χ1n) is 8.71. The van der Waals surface area contributed by atoms with E-state index in [0.717, 1.165) is 17.0 Å². The van der Waals surface area contributed by atoms with Crippen LogP contribution in [0.25, 0.3) is 11.3 Å². The normalized spacial score (nSPS) is 14.3. The van der Waals surface area contributed by atoms with Gasteiger partial charge in [0.25, 0.3) is 5.91 Å². The lowest BCUT2D eigenvalue weighted by Gasteiger charge is -2.38. The molecule has 1 aliphatic rings. The summed E-state index contributed by atoms with van der Waals surface area (Å²) in [5.41, 5.74) is 2.52. The van der Waals surface area contributed by atoms with Crippen molar-refractivity contribution in [2.75, 3.05) is 19.7 Å². The van der Waals surface area contributed by atoms with Gasteiger partial charge in [0.2, 0.25) is 0 Å². The quantitative estimate of drug-likeness (QED) is 0.708. The minimum Gasteiger partial charge on any atom is -0.494 e. The fraction of sp³-hybridized carbons (Fsp3) is 0.316. The average molecular weight is 351 g/mol. The Morgan fingerprint density at radius 3 is 2.65 bits per heavy atom. The molecule has 3 heterocycles. The Hall–Kier alpha value is -3.09. The van der Waals surface area contributed by atoms with Crippen LogP contribution in [0.5, 0.6) is 5.75 Å². The van der Waals surface area contributed by atoms with E-state index in [0.29, 0.717) is 25.4 Å². The second kappa shape index (κ2) is 6.67. The van der Waals surface area contributed by atoms with Crippen molar-refractivity contribution in [3.05, 3.63) is 54.5 Å². The zero-order valence-corrected chi connectivity index (χ0v) is 14.9. The van der Waals surface area contributed by atoms with Gasteiger partial charge in [0, 0.05) is 31.9 Å². The van der Waals surface area contributed by atoms with E-state index in [9.17, 15) is 4.79 Å². The van der Waals surface area contributed by atoms with E-state index in [4.69, 9.17) is 4.74 Å². The number of carbonyl (C=O) groups is 1. The molecule has 0 bridgehead atoms. The van der Waals surface area contributed by atoms with Gasteiger partial charge in [0.05, 0.1) is 18.8 Å². The van der Waals surface area contributed by atoms with Gasteiger partial charge in [-0.05, 0) is 43.3 Å². The zero-order valence-electron chi connectivity index (χ0n) is 14.9. The Labute approximate surface area is 151 Å². The number of aromatic nitrogens is 4. The van der Waals surface area contributed by atoms with Gasteiger partial charge in [-0.15, -0.1) is 5.10 Å². The average Bonchev–Trinajstić information content (AvgIpc) is 3.24. The van der Waals surface area contributed by atoms with E-state index in [1.165, 1.54) is 0 Å². The van der Waals surface area contributed by atoms with Crippen molar-refractivity contribution in [2.24, 2.45) is 7.05 Å². The smallest absolute Gasteiger partial charge is 0.270 e. The van der Waals surface area contributed by atoms with Crippen molar-refractivity contribution in [3.63, 3.8) is 0 Å². The fourth-order valence-electron chi connectivity index (χ4n) is 3.11. The first-order chi connectivity index (χ1) is 12.7. The predicted molar refractivity (Wildman–Crippen MR) is 97.0 cm³/mol. The van der Waals surface area contributed by atoms with Crippen molar-refractivity contribution in [1.29, 1.82) is 0 Å². The number of nitrogens with zero attached hydrogens (tertiary/aromatic N) is 5. The number of benzene rings is 1. The lowest BCUT2D eigenvalue weighted by molar-refractivity contribution is 0.0489. The Kier molecular flexibility index (Phi) is 4.20. The molecule has 0 N–H and O–H groups in total. The summed E-state index contributed by atoms with van der Waals surface area (Å²) in [7, 11) is 1.88. The van der Waals surface area contributed by atoms with Crippen LogP contribution in [0.1, 0.15) is 23.5 Å². The Morgan fingerprint density at radius 1 is 1.23 bits per heavy atom. The molecule has 0 atom stereocenters. The summed E-state index contributed by atoms with van der Waals surface area (Å²) in [6.45, 7) is 3.91. The Morgan fingerprint density at radius 2 is 2.00 bits per heavy atom. The fourth-order valence-corrected chi connectivity index (χ4v) is 3.11. The minimum absolute atomic E-state index is 0.0561. The van der Waals surface area contributed by atoms with Crippen LogP contribution < -0.4 is 4.74 Å². The molecule has 3 aromatic rings. The number of amides is 1. The molecular weight excluding hydrogens is 330 g/mol. The van der Waals surface area contributed by atoms with Gasteiger partial charge in [-0.25, -0.2) is 4.68 Å². The van der Waals surface area contributed by atoms with Crippen LogP contribution in [0.3, 0.4) is 0 Å². The largest absolute Gasteiger partial charge is 0.494 e. The number of rotatable bonds is 5. The van der Waals surface area contributed by atoms with Crippen LogP contribution in [0.15, 0.2) is 48.8 Å². The highest BCUT2D eigenvalue weighted by Gasteiger charge is 2.34. The van der Waals surface area contributed by atoms with Crippen molar-refractivity contribution in [2.45, 2.75) is 13.0 Å². The van der Waals surface area contributed by atoms with Gasteiger partial charge in [-0.3, -0.25) is 4.79 Å². The number of aryl methyl sites for hydroxylation is 1. The van der Waals surface area contributed by atoms with Crippen LogP contribution >= 0.6 is 0 Å². The molecule has 134 valence electrons. The van der Waals surface area contributed by atoms with Crippen molar-refractivity contribution in [3.8, 4) is 17.0 Å². The molecule has 0 spiro atoms. The topological polar surface area (TPSA) is 65.2 Å². The number of hydrogen-bond donors (Lipinski definition) is 0. The second-order valence-electron chi connectivity index (χ2n) is 6.41. The van der Waals surface area contributed by atoms with Gasteiger partial charge in [-0.1, -0.05) is 5.21 Å². The summed E-state index contributed by atoms with van der Waals surface area (Å²) >= 11 is 0. The van der Waals surface area contributed by atoms with Gasteiger partial charge >= 0.3 is 0 Å². The maximum atomic E-state index is 12.4. The van der Waals surface area contributed by atoms with Crippen LogP contribution in [0.2, 0.25) is 0 Å².